The second kappa shape index (κ2) is 7.66. The normalized spacial score (nSPS) is 21.2. The molecule has 1 aromatic carbocycles. The monoisotopic (exact) mass is 415 g/mol. The van der Waals surface area contributed by atoms with Gasteiger partial charge in [0.05, 0.1) is 11.7 Å². The van der Waals surface area contributed by atoms with E-state index in [2.05, 4.69) is 34.5 Å². The highest BCUT2D eigenvalue weighted by Crippen LogP contribution is 2.34. The van der Waals surface area contributed by atoms with Gasteiger partial charge >= 0.3 is 0 Å². The highest BCUT2D eigenvalue weighted by Gasteiger charge is 2.31. The van der Waals surface area contributed by atoms with Gasteiger partial charge in [-0.3, -0.25) is 4.79 Å². The minimum atomic E-state index is 0.0857. The van der Waals surface area contributed by atoms with E-state index in [1.54, 1.807) is 0 Å². The Morgan fingerprint density at radius 2 is 1.87 bits per heavy atom. The second-order valence-corrected chi connectivity index (χ2v) is 9.24. The van der Waals surface area contributed by atoms with Crippen molar-refractivity contribution >= 4 is 17.2 Å². The molecule has 0 bridgehead atoms. The Kier molecular flexibility index (Phi) is 4.66. The van der Waals surface area contributed by atoms with E-state index < -0.39 is 0 Å². The van der Waals surface area contributed by atoms with Crippen LogP contribution in [0.5, 0.6) is 0 Å². The molecular weight excluding hydrogens is 386 g/mol. The second-order valence-electron chi connectivity index (χ2n) is 9.24. The average Bonchev–Trinajstić information content (AvgIpc) is 3.40. The first-order valence-corrected chi connectivity index (χ1v) is 11.8. The molecule has 1 N–H and O–H groups in total. The molecule has 31 heavy (non-hydrogen) atoms. The molecule has 3 aliphatic rings. The maximum Gasteiger partial charge on any atom is 0.223 e. The van der Waals surface area contributed by atoms with Crippen molar-refractivity contribution in [3.05, 3.63) is 59.0 Å². The summed E-state index contributed by atoms with van der Waals surface area (Å²) in [5, 5.41) is 8.15. The van der Waals surface area contributed by atoms with Gasteiger partial charge in [0, 0.05) is 37.0 Å². The standard InChI is InChI=1S/C25H29N5O/c31-25(27-21-10-9-17-5-1-2-6-19(17)21)18-11-14-29(15-12-18)24-23-20-7-3-4-8-22(20)28-30(23)16-13-26-24/h1-2,5-6,13,16,18,21H,3-4,7-12,14-15H2,(H,27,31)/t21-/m1/s1. The molecule has 1 saturated heterocycles. The molecule has 0 saturated carbocycles. The van der Waals surface area contributed by atoms with Crippen molar-refractivity contribution in [3.8, 4) is 0 Å². The fourth-order valence-corrected chi connectivity index (χ4v) is 5.73. The van der Waals surface area contributed by atoms with Crippen LogP contribution >= 0.6 is 0 Å². The summed E-state index contributed by atoms with van der Waals surface area (Å²) in [6.07, 6.45) is 12.3. The predicted molar refractivity (Wildman–Crippen MR) is 120 cm³/mol. The van der Waals surface area contributed by atoms with E-state index in [4.69, 9.17) is 10.1 Å². The van der Waals surface area contributed by atoms with Gasteiger partial charge in [-0.2, -0.15) is 5.10 Å². The fourth-order valence-electron chi connectivity index (χ4n) is 5.73. The van der Waals surface area contributed by atoms with Crippen LogP contribution < -0.4 is 10.2 Å². The number of nitrogens with one attached hydrogen (secondary N) is 1. The average molecular weight is 416 g/mol. The van der Waals surface area contributed by atoms with Crippen LogP contribution in [0.1, 0.15) is 60.5 Å². The maximum absolute atomic E-state index is 13.0. The number of nitrogens with zero attached hydrogens (tertiary/aromatic N) is 4. The Morgan fingerprint density at radius 3 is 2.77 bits per heavy atom. The fraction of sp³-hybridized carbons (Fsp3) is 0.480. The van der Waals surface area contributed by atoms with Gasteiger partial charge in [0.2, 0.25) is 5.91 Å². The Morgan fingerprint density at radius 1 is 1.03 bits per heavy atom. The molecule has 0 unspecified atom stereocenters. The summed E-state index contributed by atoms with van der Waals surface area (Å²) in [4.78, 5) is 20.1. The molecule has 1 amide bonds. The van der Waals surface area contributed by atoms with Gasteiger partial charge < -0.3 is 10.2 Å². The molecular formula is C25H29N5O. The van der Waals surface area contributed by atoms with Crippen molar-refractivity contribution < 1.29 is 4.79 Å². The smallest absolute Gasteiger partial charge is 0.223 e. The third-order valence-electron chi connectivity index (χ3n) is 7.41. The number of carbonyl (C=O) groups is 1. The molecule has 1 atom stereocenters. The highest BCUT2D eigenvalue weighted by atomic mass is 16.2. The van der Waals surface area contributed by atoms with E-state index in [-0.39, 0.29) is 17.9 Å². The largest absolute Gasteiger partial charge is 0.355 e. The van der Waals surface area contributed by atoms with Crippen molar-refractivity contribution in [2.75, 3.05) is 18.0 Å². The van der Waals surface area contributed by atoms with Crippen molar-refractivity contribution in [1.29, 1.82) is 0 Å². The zero-order chi connectivity index (χ0) is 20.8. The molecule has 3 aromatic rings. The van der Waals surface area contributed by atoms with Gasteiger partial charge in [0.1, 0.15) is 5.52 Å². The molecule has 6 nitrogen and oxygen atoms in total. The topological polar surface area (TPSA) is 62.5 Å². The van der Waals surface area contributed by atoms with Crippen LogP contribution in [0.3, 0.4) is 0 Å². The summed E-state index contributed by atoms with van der Waals surface area (Å²) in [6.45, 7) is 1.73. The van der Waals surface area contributed by atoms with E-state index in [0.29, 0.717) is 0 Å². The Labute approximate surface area is 182 Å². The quantitative estimate of drug-likeness (QED) is 0.710. The van der Waals surface area contributed by atoms with Crippen LogP contribution in [-0.2, 0) is 24.1 Å². The molecule has 160 valence electrons. The molecule has 2 aliphatic carbocycles. The Balaban J connectivity index is 1.15. The van der Waals surface area contributed by atoms with Gasteiger partial charge in [-0.05, 0) is 62.5 Å². The molecule has 1 fully saturated rings. The third kappa shape index (κ3) is 3.29. The number of aryl methyl sites for hydroxylation is 3. The number of aromatic nitrogens is 3. The summed E-state index contributed by atoms with van der Waals surface area (Å²) < 4.78 is 2.02. The van der Waals surface area contributed by atoms with Crippen molar-refractivity contribution in [3.63, 3.8) is 0 Å². The highest BCUT2D eigenvalue weighted by molar-refractivity contribution is 5.80. The van der Waals surface area contributed by atoms with Crippen LogP contribution in [-0.4, -0.2) is 33.6 Å². The summed E-state index contributed by atoms with van der Waals surface area (Å²) in [5.74, 6) is 1.35. The van der Waals surface area contributed by atoms with Gasteiger partial charge in [-0.25, -0.2) is 9.50 Å². The van der Waals surface area contributed by atoms with Crippen LogP contribution in [0.25, 0.3) is 5.52 Å². The number of hydrogen-bond acceptors (Lipinski definition) is 4. The number of fused-ring (bicyclic) bond motifs is 4. The van der Waals surface area contributed by atoms with Gasteiger partial charge in [-0.1, -0.05) is 24.3 Å². The number of amides is 1. The van der Waals surface area contributed by atoms with Crippen molar-refractivity contribution in [2.45, 2.75) is 57.4 Å². The first-order chi connectivity index (χ1) is 15.3. The summed E-state index contributed by atoms with van der Waals surface area (Å²) >= 11 is 0. The number of carbonyl (C=O) groups excluding carboxylic acids is 1. The minimum Gasteiger partial charge on any atom is -0.355 e. The van der Waals surface area contributed by atoms with Crippen molar-refractivity contribution in [2.24, 2.45) is 5.92 Å². The number of piperidine rings is 1. The van der Waals surface area contributed by atoms with Crippen LogP contribution in [0.2, 0.25) is 0 Å². The number of rotatable bonds is 3. The van der Waals surface area contributed by atoms with E-state index >= 15 is 0 Å². The minimum absolute atomic E-state index is 0.0857. The number of benzene rings is 1. The molecule has 0 spiro atoms. The van der Waals surface area contributed by atoms with Crippen LogP contribution in [0.15, 0.2) is 36.7 Å². The lowest BCUT2D eigenvalue weighted by atomic mass is 9.94. The number of hydrogen-bond donors (Lipinski definition) is 1. The first kappa shape index (κ1) is 18.8. The maximum atomic E-state index is 13.0. The summed E-state index contributed by atoms with van der Waals surface area (Å²) in [5.41, 5.74) is 6.49. The van der Waals surface area contributed by atoms with Gasteiger partial charge in [0.15, 0.2) is 5.82 Å². The zero-order valence-electron chi connectivity index (χ0n) is 17.9. The molecule has 0 radical (unpaired) electrons. The van der Waals surface area contributed by atoms with Crippen LogP contribution in [0.4, 0.5) is 5.82 Å². The number of anilines is 1. The van der Waals surface area contributed by atoms with E-state index in [1.165, 1.54) is 40.7 Å². The predicted octanol–water partition coefficient (Wildman–Crippen LogP) is 3.63. The molecule has 1 aliphatic heterocycles. The van der Waals surface area contributed by atoms with E-state index in [1.807, 2.05) is 16.9 Å². The summed E-state index contributed by atoms with van der Waals surface area (Å²) in [7, 11) is 0. The lowest BCUT2D eigenvalue weighted by molar-refractivity contribution is -0.126. The molecule has 3 heterocycles. The Hall–Kier alpha value is -2.89. The van der Waals surface area contributed by atoms with E-state index in [9.17, 15) is 4.79 Å². The SMILES string of the molecule is O=C(N[C@@H]1CCc2ccccc21)C1CCN(c2nccn3nc4c(c23)CCCC4)CC1. The molecule has 6 rings (SSSR count). The zero-order valence-corrected chi connectivity index (χ0v) is 17.9. The van der Waals surface area contributed by atoms with E-state index in [0.717, 1.165) is 57.4 Å². The van der Waals surface area contributed by atoms with Crippen molar-refractivity contribution in [1.82, 2.24) is 19.9 Å². The molecule has 6 heteroatoms. The Bertz CT molecular complexity index is 1130. The lowest BCUT2D eigenvalue weighted by Crippen LogP contribution is -2.41. The van der Waals surface area contributed by atoms with Crippen LogP contribution in [0, 0.1) is 5.92 Å². The summed E-state index contributed by atoms with van der Waals surface area (Å²) in [6, 6.07) is 8.68. The third-order valence-corrected chi connectivity index (χ3v) is 7.41. The van der Waals surface area contributed by atoms with Gasteiger partial charge in [-0.15, -0.1) is 0 Å². The first-order valence-electron chi connectivity index (χ1n) is 11.8. The molecule has 2 aromatic heterocycles. The van der Waals surface area contributed by atoms with Gasteiger partial charge in [0.25, 0.3) is 0 Å². The lowest BCUT2D eigenvalue weighted by Gasteiger charge is -2.33.